The summed E-state index contributed by atoms with van der Waals surface area (Å²) in [5, 5.41) is 2.50. The molecule has 1 amide bonds. The van der Waals surface area contributed by atoms with Gasteiger partial charge >= 0.3 is 6.18 Å². The maximum absolute atomic E-state index is 13.5. The third-order valence-electron chi connectivity index (χ3n) is 3.78. The Hall–Kier alpha value is -3.43. The summed E-state index contributed by atoms with van der Waals surface area (Å²) in [7, 11) is 0. The van der Waals surface area contributed by atoms with Gasteiger partial charge in [0.15, 0.2) is 0 Å². The summed E-state index contributed by atoms with van der Waals surface area (Å²) < 4.78 is 52.1. The fraction of sp³-hybridized carbons (Fsp3) is 0.167. The van der Waals surface area contributed by atoms with Crippen LogP contribution in [0.4, 0.5) is 17.6 Å². The van der Waals surface area contributed by atoms with Gasteiger partial charge < -0.3 is 5.32 Å². The first-order valence-electron chi connectivity index (χ1n) is 8.01. The Morgan fingerprint density at radius 3 is 2.43 bits per heavy atom. The Kier molecular flexibility index (Phi) is 5.30. The van der Waals surface area contributed by atoms with Crippen molar-refractivity contribution >= 4 is 5.91 Å². The van der Waals surface area contributed by atoms with Crippen LogP contribution in [0.2, 0.25) is 0 Å². The van der Waals surface area contributed by atoms with Gasteiger partial charge in [-0.3, -0.25) is 24.7 Å². The third kappa shape index (κ3) is 4.27. The number of nitrogens with zero attached hydrogens (tertiary/aromatic N) is 4. The number of carbonyl (C=O) groups excluding carboxylic acids is 1. The normalized spacial score (nSPS) is 12.5. The SMILES string of the molecule is CC(NC(=O)c1cc(F)cc(C(F)(F)F)c1)c1nccnc1-c1cnccn1. The highest BCUT2D eigenvalue weighted by atomic mass is 19.4. The Morgan fingerprint density at radius 2 is 1.75 bits per heavy atom. The van der Waals surface area contributed by atoms with Crippen LogP contribution in [0.1, 0.15) is 34.6 Å². The molecule has 0 aliphatic rings. The van der Waals surface area contributed by atoms with Crippen LogP contribution in [0.15, 0.2) is 49.2 Å². The number of carbonyl (C=O) groups is 1. The van der Waals surface area contributed by atoms with Gasteiger partial charge in [0.1, 0.15) is 17.2 Å². The molecule has 1 unspecified atom stereocenters. The fourth-order valence-electron chi connectivity index (χ4n) is 2.52. The molecular weight excluding hydrogens is 378 g/mol. The van der Waals surface area contributed by atoms with E-state index in [1.54, 1.807) is 6.92 Å². The molecule has 10 heteroatoms. The van der Waals surface area contributed by atoms with Crippen LogP contribution < -0.4 is 5.32 Å². The average Bonchev–Trinajstić information content (AvgIpc) is 2.67. The smallest absolute Gasteiger partial charge is 0.344 e. The van der Waals surface area contributed by atoms with Crippen molar-refractivity contribution in [3.8, 4) is 11.4 Å². The highest BCUT2D eigenvalue weighted by molar-refractivity contribution is 5.94. The van der Waals surface area contributed by atoms with E-state index in [9.17, 15) is 22.4 Å². The number of benzene rings is 1. The van der Waals surface area contributed by atoms with Crippen LogP contribution in [0.5, 0.6) is 0 Å². The van der Waals surface area contributed by atoms with Gasteiger partial charge in [-0.25, -0.2) is 4.39 Å². The minimum atomic E-state index is -4.77. The van der Waals surface area contributed by atoms with Crippen LogP contribution in [0.3, 0.4) is 0 Å². The van der Waals surface area contributed by atoms with Gasteiger partial charge in [0.05, 0.1) is 23.5 Å². The maximum atomic E-state index is 13.5. The number of rotatable bonds is 4. The van der Waals surface area contributed by atoms with E-state index >= 15 is 0 Å². The number of hydrogen-bond acceptors (Lipinski definition) is 5. The molecule has 0 aliphatic heterocycles. The number of aromatic nitrogens is 4. The predicted octanol–water partition coefficient (Wildman–Crippen LogP) is 3.58. The van der Waals surface area contributed by atoms with E-state index in [-0.39, 0.29) is 0 Å². The van der Waals surface area contributed by atoms with Crippen molar-refractivity contribution in [2.24, 2.45) is 0 Å². The molecule has 1 aromatic carbocycles. The van der Waals surface area contributed by atoms with Crippen molar-refractivity contribution in [2.75, 3.05) is 0 Å². The Bertz CT molecular complexity index is 995. The monoisotopic (exact) mass is 391 g/mol. The zero-order valence-electron chi connectivity index (χ0n) is 14.4. The zero-order valence-corrected chi connectivity index (χ0v) is 14.4. The van der Waals surface area contributed by atoms with Crippen LogP contribution in [0, 0.1) is 5.82 Å². The lowest BCUT2D eigenvalue weighted by Crippen LogP contribution is -2.28. The molecule has 2 aromatic heterocycles. The molecule has 0 spiro atoms. The summed E-state index contributed by atoms with van der Waals surface area (Å²) >= 11 is 0. The van der Waals surface area contributed by atoms with E-state index in [0.717, 1.165) is 6.07 Å². The van der Waals surface area contributed by atoms with Gasteiger partial charge in [-0.2, -0.15) is 13.2 Å². The second kappa shape index (κ2) is 7.67. The maximum Gasteiger partial charge on any atom is 0.416 e. The van der Waals surface area contributed by atoms with Crippen molar-refractivity contribution in [3.63, 3.8) is 0 Å². The summed E-state index contributed by atoms with van der Waals surface area (Å²) in [6.45, 7) is 1.58. The van der Waals surface area contributed by atoms with Crippen molar-refractivity contribution < 1.29 is 22.4 Å². The number of alkyl halides is 3. The van der Waals surface area contributed by atoms with Crippen molar-refractivity contribution in [3.05, 3.63) is 71.8 Å². The molecule has 0 saturated heterocycles. The van der Waals surface area contributed by atoms with Crippen LogP contribution in [0.25, 0.3) is 11.4 Å². The minimum absolute atomic E-state index is 0.328. The Labute approximate surface area is 156 Å². The van der Waals surface area contributed by atoms with Gasteiger partial charge in [-0.15, -0.1) is 0 Å². The van der Waals surface area contributed by atoms with Gasteiger partial charge in [0.2, 0.25) is 0 Å². The van der Waals surface area contributed by atoms with E-state index in [1.165, 1.54) is 31.0 Å². The van der Waals surface area contributed by atoms with E-state index in [1.807, 2.05) is 0 Å². The third-order valence-corrected chi connectivity index (χ3v) is 3.78. The highest BCUT2D eigenvalue weighted by Gasteiger charge is 2.32. The number of halogens is 4. The molecule has 144 valence electrons. The first kappa shape index (κ1) is 19.3. The largest absolute Gasteiger partial charge is 0.416 e. The Morgan fingerprint density at radius 1 is 1.04 bits per heavy atom. The molecule has 1 N–H and O–H groups in total. The molecule has 0 aliphatic carbocycles. The molecule has 28 heavy (non-hydrogen) atoms. The number of hydrogen-bond donors (Lipinski definition) is 1. The number of nitrogens with one attached hydrogen (secondary N) is 1. The van der Waals surface area contributed by atoms with Gasteiger partial charge in [-0.05, 0) is 25.1 Å². The molecule has 6 nitrogen and oxygen atoms in total. The molecule has 1 atom stereocenters. The molecule has 0 saturated carbocycles. The first-order valence-corrected chi connectivity index (χ1v) is 8.01. The van der Waals surface area contributed by atoms with Crippen LogP contribution in [-0.4, -0.2) is 25.8 Å². The molecule has 2 heterocycles. The van der Waals surface area contributed by atoms with Crippen molar-refractivity contribution in [1.29, 1.82) is 0 Å². The molecule has 0 bridgehead atoms. The molecule has 0 fully saturated rings. The summed E-state index contributed by atoms with van der Waals surface area (Å²) in [4.78, 5) is 28.8. The highest BCUT2D eigenvalue weighted by Crippen LogP contribution is 2.30. The Balaban J connectivity index is 1.88. The lowest BCUT2D eigenvalue weighted by atomic mass is 10.1. The molecule has 3 rings (SSSR count). The number of amides is 1. The second-order valence-electron chi connectivity index (χ2n) is 5.80. The van der Waals surface area contributed by atoms with E-state index in [2.05, 4.69) is 25.3 Å². The lowest BCUT2D eigenvalue weighted by Gasteiger charge is -2.16. The van der Waals surface area contributed by atoms with Gasteiger partial charge in [0.25, 0.3) is 5.91 Å². The summed E-state index contributed by atoms with van der Waals surface area (Å²) in [5.41, 5.74) is -0.589. The van der Waals surface area contributed by atoms with Crippen LogP contribution in [-0.2, 0) is 6.18 Å². The summed E-state index contributed by atoms with van der Waals surface area (Å²) in [5.74, 6) is -2.04. The van der Waals surface area contributed by atoms with E-state index in [0.29, 0.717) is 29.2 Å². The molecular formula is C18H13F4N5O. The van der Waals surface area contributed by atoms with Crippen LogP contribution >= 0.6 is 0 Å². The lowest BCUT2D eigenvalue weighted by molar-refractivity contribution is -0.137. The van der Waals surface area contributed by atoms with E-state index < -0.39 is 35.1 Å². The second-order valence-corrected chi connectivity index (χ2v) is 5.80. The van der Waals surface area contributed by atoms with Gasteiger partial charge in [0, 0.05) is 30.4 Å². The van der Waals surface area contributed by atoms with Gasteiger partial charge in [-0.1, -0.05) is 0 Å². The average molecular weight is 391 g/mol. The molecule has 3 aromatic rings. The quantitative estimate of drug-likeness (QED) is 0.688. The summed E-state index contributed by atoms with van der Waals surface area (Å²) in [6, 6.07) is 0.911. The standard InChI is InChI=1S/C18H13F4N5O/c1-10(15-16(26-5-4-25-15)14-9-23-2-3-24-14)27-17(28)11-6-12(18(20,21)22)8-13(19)7-11/h2-10H,1H3,(H,27,28). The van der Waals surface area contributed by atoms with Crippen molar-refractivity contribution in [1.82, 2.24) is 25.3 Å². The topological polar surface area (TPSA) is 80.7 Å². The molecule has 0 radical (unpaired) electrons. The fourth-order valence-corrected chi connectivity index (χ4v) is 2.52. The van der Waals surface area contributed by atoms with Crippen molar-refractivity contribution in [2.45, 2.75) is 19.1 Å². The predicted molar refractivity (Wildman–Crippen MR) is 90.3 cm³/mol. The summed E-state index contributed by atoms with van der Waals surface area (Å²) in [6.07, 6.45) is 2.47. The zero-order chi connectivity index (χ0) is 20.3. The minimum Gasteiger partial charge on any atom is -0.344 e. The first-order chi connectivity index (χ1) is 13.3. The van der Waals surface area contributed by atoms with E-state index in [4.69, 9.17) is 0 Å².